The lowest BCUT2D eigenvalue weighted by molar-refractivity contribution is -0.137. The number of rotatable bonds is 2. The molecule has 1 aliphatic rings. The molecule has 2 rings (SSSR count). The minimum atomic E-state index is -4.37. The highest BCUT2D eigenvalue weighted by molar-refractivity contribution is 5.69. The number of likely N-dealkylation sites (tertiary alicyclic amines) is 1. The minimum Gasteiger partial charge on any atom is -0.444 e. The topological polar surface area (TPSA) is 49.8 Å². The fraction of sp³-hybridized carbons (Fsp3) is 0.611. The van der Waals surface area contributed by atoms with Gasteiger partial charge in [-0.3, -0.25) is 0 Å². The van der Waals surface area contributed by atoms with Crippen LogP contribution in [0.25, 0.3) is 0 Å². The van der Waals surface area contributed by atoms with Crippen molar-refractivity contribution < 1.29 is 27.8 Å². The summed E-state index contributed by atoms with van der Waals surface area (Å²) in [5, 5.41) is 9.52. The number of alkyl halides is 3. The summed E-state index contributed by atoms with van der Waals surface area (Å²) in [4.78, 5) is 13.9. The van der Waals surface area contributed by atoms with Gasteiger partial charge in [0, 0.05) is 12.5 Å². The van der Waals surface area contributed by atoms with Gasteiger partial charge >= 0.3 is 12.3 Å². The number of amides is 1. The molecule has 0 saturated carbocycles. The summed E-state index contributed by atoms with van der Waals surface area (Å²) < 4.78 is 43.4. The maximum Gasteiger partial charge on any atom is 0.416 e. The number of aliphatic hydroxyl groups is 1. The van der Waals surface area contributed by atoms with Crippen LogP contribution in [0.4, 0.5) is 18.0 Å². The third-order valence-corrected chi connectivity index (χ3v) is 4.25. The Morgan fingerprint density at radius 1 is 1.20 bits per heavy atom. The number of aliphatic hydroxyl groups excluding tert-OH is 1. The van der Waals surface area contributed by atoms with Crippen LogP contribution in [0.3, 0.4) is 0 Å². The molecule has 0 bridgehead atoms. The molecule has 1 fully saturated rings. The van der Waals surface area contributed by atoms with Crippen LogP contribution in [-0.4, -0.2) is 40.9 Å². The second-order valence-corrected chi connectivity index (χ2v) is 7.36. The lowest BCUT2D eigenvalue weighted by Crippen LogP contribution is -2.49. The maximum absolute atomic E-state index is 12.7. The van der Waals surface area contributed by atoms with Crippen molar-refractivity contribution in [1.82, 2.24) is 4.90 Å². The van der Waals surface area contributed by atoms with Gasteiger partial charge in [0.25, 0.3) is 0 Å². The molecule has 25 heavy (non-hydrogen) atoms. The zero-order chi connectivity index (χ0) is 18.8. The van der Waals surface area contributed by atoms with Crippen LogP contribution in [0, 0.1) is 0 Å². The number of ether oxygens (including phenoxy) is 1. The van der Waals surface area contributed by atoms with E-state index >= 15 is 0 Å². The standard InChI is InChI=1S/C18H24F3NO3/c1-17(2,3)25-16(24)22-10-13(6-9-15(22)11-23)12-4-7-14(8-5-12)18(19,20)21/h4-5,7-8,13,15,23H,6,9-11H2,1-3H3/t13-,15-/m0/s1. The van der Waals surface area contributed by atoms with Crippen LogP contribution in [0.1, 0.15) is 50.7 Å². The normalized spacial score (nSPS) is 22.0. The first kappa shape index (κ1) is 19.6. The van der Waals surface area contributed by atoms with Crippen molar-refractivity contribution in [3.8, 4) is 0 Å². The zero-order valence-corrected chi connectivity index (χ0v) is 14.6. The SMILES string of the molecule is CC(C)(C)OC(=O)N1C[C@@H](c2ccc(C(F)(F)F)cc2)CC[C@H]1CO. The number of hydrogen-bond acceptors (Lipinski definition) is 3. The van der Waals surface area contributed by atoms with Crippen molar-refractivity contribution >= 4 is 6.09 Å². The predicted octanol–water partition coefficient (Wildman–Crippen LogP) is 4.18. The molecule has 1 aliphatic heterocycles. The molecular formula is C18H24F3NO3. The molecule has 0 aromatic heterocycles. The lowest BCUT2D eigenvalue weighted by atomic mass is 9.87. The summed E-state index contributed by atoms with van der Waals surface area (Å²) in [6.07, 6.45) is -3.62. The first-order valence-corrected chi connectivity index (χ1v) is 8.29. The molecule has 1 saturated heterocycles. The molecule has 2 atom stereocenters. The van der Waals surface area contributed by atoms with Gasteiger partial charge in [0.05, 0.1) is 18.2 Å². The molecular weight excluding hydrogens is 335 g/mol. The fourth-order valence-electron chi connectivity index (χ4n) is 2.98. The summed E-state index contributed by atoms with van der Waals surface area (Å²) in [6.45, 7) is 5.42. The van der Waals surface area contributed by atoms with E-state index in [1.165, 1.54) is 17.0 Å². The van der Waals surface area contributed by atoms with Crippen molar-refractivity contribution in [1.29, 1.82) is 0 Å². The van der Waals surface area contributed by atoms with E-state index in [2.05, 4.69) is 0 Å². The summed E-state index contributed by atoms with van der Waals surface area (Å²) in [5.74, 6) is -0.0856. The highest BCUT2D eigenvalue weighted by atomic mass is 19.4. The first-order chi connectivity index (χ1) is 11.5. The van der Waals surface area contributed by atoms with Crippen LogP contribution in [0.2, 0.25) is 0 Å². The quantitative estimate of drug-likeness (QED) is 0.862. The van der Waals surface area contributed by atoms with Crippen LogP contribution in [0.5, 0.6) is 0 Å². The third kappa shape index (κ3) is 5.11. The molecule has 7 heteroatoms. The summed E-state index contributed by atoms with van der Waals surface area (Å²) in [7, 11) is 0. The molecule has 0 aliphatic carbocycles. The Morgan fingerprint density at radius 2 is 1.80 bits per heavy atom. The molecule has 0 radical (unpaired) electrons. The van der Waals surface area contributed by atoms with Crippen molar-refractivity contribution in [2.75, 3.05) is 13.2 Å². The first-order valence-electron chi connectivity index (χ1n) is 8.29. The molecule has 1 amide bonds. The van der Waals surface area contributed by atoms with E-state index in [4.69, 9.17) is 4.74 Å². The second kappa shape index (κ2) is 7.23. The largest absolute Gasteiger partial charge is 0.444 e. The van der Waals surface area contributed by atoms with Crippen LogP contribution >= 0.6 is 0 Å². The molecule has 4 nitrogen and oxygen atoms in total. The molecule has 1 heterocycles. The monoisotopic (exact) mass is 359 g/mol. The Balaban J connectivity index is 2.14. The maximum atomic E-state index is 12.7. The minimum absolute atomic E-state index is 0.0856. The van der Waals surface area contributed by atoms with Crippen LogP contribution in [0.15, 0.2) is 24.3 Å². The molecule has 0 unspecified atom stereocenters. The van der Waals surface area contributed by atoms with E-state index in [9.17, 15) is 23.1 Å². The summed E-state index contributed by atoms with van der Waals surface area (Å²) in [5.41, 5.74) is -0.597. The number of carbonyl (C=O) groups excluding carboxylic acids is 1. The Bertz CT molecular complexity index is 593. The van der Waals surface area contributed by atoms with Crippen LogP contribution < -0.4 is 0 Å². The highest BCUT2D eigenvalue weighted by Gasteiger charge is 2.35. The molecule has 1 N–H and O–H groups in total. The molecule has 140 valence electrons. The fourth-order valence-corrected chi connectivity index (χ4v) is 2.98. The van der Waals surface area contributed by atoms with E-state index in [0.717, 1.165) is 17.7 Å². The van der Waals surface area contributed by atoms with Crippen molar-refractivity contribution in [3.63, 3.8) is 0 Å². The molecule has 0 spiro atoms. The lowest BCUT2D eigenvalue weighted by Gasteiger charge is -2.39. The number of hydrogen-bond donors (Lipinski definition) is 1. The van der Waals surface area contributed by atoms with Crippen molar-refractivity contribution in [2.24, 2.45) is 0 Å². The number of benzene rings is 1. The van der Waals surface area contributed by atoms with Gasteiger partial charge in [-0.15, -0.1) is 0 Å². The third-order valence-electron chi connectivity index (χ3n) is 4.25. The van der Waals surface area contributed by atoms with E-state index in [-0.39, 0.29) is 18.6 Å². The average molecular weight is 359 g/mol. The van der Waals surface area contributed by atoms with E-state index in [0.29, 0.717) is 19.4 Å². The number of piperidine rings is 1. The number of carbonyl (C=O) groups is 1. The van der Waals surface area contributed by atoms with Gasteiger partial charge in [-0.1, -0.05) is 12.1 Å². The molecule has 1 aromatic carbocycles. The van der Waals surface area contributed by atoms with Gasteiger partial charge in [0.2, 0.25) is 0 Å². The highest BCUT2D eigenvalue weighted by Crippen LogP contribution is 2.34. The molecule has 1 aromatic rings. The summed E-state index contributed by atoms with van der Waals surface area (Å²) in [6, 6.07) is 4.71. The number of halogens is 3. The van der Waals surface area contributed by atoms with Crippen molar-refractivity contribution in [2.45, 2.75) is 57.3 Å². The second-order valence-electron chi connectivity index (χ2n) is 7.36. The Hall–Kier alpha value is -1.76. The van der Waals surface area contributed by atoms with Gasteiger partial charge in [-0.25, -0.2) is 4.79 Å². The Kier molecular flexibility index (Phi) is 5.66. The Labute approximate surface area is 145 Å². The smallest absolute Gasteiger partial charge is 0.416 e. The van der Waals surface area contributed by atoms with Crippen molar-refractivity contribution in [3.05, 3.63) is 35.4 Å². The van der Waals surface area contributed by atoms with Gasteiger partial charge in [0.1, 0.15) is 5.60 Å². The van der Waals surface area contributed by atoms with E-state index in [1.54, 1.807) is 20.8 Å². The summed E-state index contributed by atoms with van der Waals surface area (Å²) >= 11 is 0. The van der Waals surface area contributed by atoms with Gasteiger partial charge in [-0.05, 0) is 51.3 Å². The van der Waals surface area contributed by atoms with Crippen LogP contribution in [-0.2, 0) is 10.9 Å². The average Bonchev–Trinajstić information content (AvgIpc) is 2.52. The van der Waals surface area contributed by atoms with E-state index in [1.807, 2.05) is 0 Å². The van der Waals surface area contributed by atoms with Gasteiger partial charge in [-0.2, -0.15) is 13.2 Å². The Morgan fingerprint density at radius 3 is 2.28 bits per heavy atom. The zero-order valence-electron chi connectivity index (χ0n) is 14.6. The number of nitrogens with zero attached hydrogens (tertiary/aromatic N) is 1. The van der Waals surface area contributed by atoms with Gasteiger partial charge in [0.15, 0.2) is 0 Å². The van der Waals surface area contributed by atoms with Gasteiger partial charge < -0.3 is 14.7 Å². The van der Waals surface area contributed by atoms with E-state index < -0.39 is 23.4 Å². The predicted molar refractivity (Wildman–Crippen MR) is 87.2 cm³/mol.